The summed E-state index contributed by atoms with van der Waals surface area (Å²) >= 11 is 0. The minimum absolute atomic E-state index is 0.0574. The number of nitrogens with one attached hydrogen (secondary N) is 1. The van der Waals surface area contributed by atoms with Gasteiger partial charge >= 0.3 is 0 Å². The largest absolute Gasteiger partial charge is 0.322 e. The zero-order valence-corrected chi connectivity index (χ0v) is 22.6. The molecule has 1 atom stereocenters. The van der Waals surface area contributed by atoms with Crippen LogP contribution in [-0.4, -0.2) is 62.5 Å². The predicted octanol–water partition coefficient (Wildman–Crippen LogP) is 2.78. The Morgan fingerprint density at radius 1 is 0.829 bits per heavy atom. The minimum atomic E-state index is -0.594. The van der Waals surface area contributed by atoms with E-state index in [9.17, 15) is 19.2 Å². The Kier molecular flexibility index (Phi) is 6.34. The maximum Gasteiger partial charge on any atom is 0.261 e. The molecule has 2 saturated heterocycles. The van der Waals surface area contributed by atoms with Gasteiger partial charge < -0.3 is 4.90 Å². The molecule has 208 valence electrons. The number of hydrogen-bond acceptors (Lipinski definition) is 7. The van der Waals surface area contributed by atoms with Gasteiger partial charge in [0, 0.05) is 43.0 Å². The van der Waals surface area contributed by atoms with Gasteiger partial charge in [0.2, 0.25) is 17.8 Å². The number of nitrogens with zero attached hydrogens (tertiary/aromatic N) is 5. The van der Waals surface area contributed by atoms with Crippen molar-refractivity contribution in [2.24, 2.45) is 0 Å². The molecule has 0 saturated carbocycles. The van der Waals surface area contributed by atoms with E-state index in [-0.39, 0.29) is 30.0 Å². The lowest BCUT2D eigenvalue weighted by Gasteiger charge is -2.32. The zero-order chi connectivity index (χ0) is 28.1. The Morgan fingerprint density at radius 3 is 2.41 bits per heavy atom. The van der Waals surface area contributed by atoms with Gasteiger partial charge in [-0.25, -0.2) is 9.97 Å². The van der Waals surface area contributed by atoms with E-state index in [1.807, 2.05) is 18.2 Å². The molecule has 0 radical (unpaired) electrons. The Bertz CT molecular complexity index is 1570. The molecule has 4 amide bonds. The van der Waals surface area contributed by atoms with Gasteiger partial charge in [0.05, 0.1) is 6.54 Å². The van der Waals surface area contributed by atoms with Crippen LogP contribution in [0.15, 0.2) is 54.9 Å². The van der Waals surface area contributed by atoms with Crippen LogP contribution < -0.4 is 10.2 Å². The molecular weight excluding hydrogens is 520 g/mol. The van der Waals surface area contributed by atoms with E-state index in [4.69, 9.17) is 0 Å². The molecule has 41 heavy (non-hydrogen) atoms. The number of likely N-dealkylation sites (tertiary alicyclic amines) is 1. The molecule has 0 bridgehead atoms. The molecule has 4 aliphatic heterocycles. The molecule has 1 N–H and O–H groups in total. The Balaban J connectivity index is 0.974. The van der Waals surface area contributed by atoms with Crippen LogP contribution in [0, 0.1) is 0 Å². The van der Waals surface area contributed by atoms with E-state index in [0.717, 1.165) is 54.7 Å². The summed E-state index contributed by atoms with van der Waals surface area (Å²) in [4.78, 5) is 64.1. The molecule has 4 aliphatic rings. The van der Waals surface area contributed by atoms with Crippen LogP contribution >= 0.6 is 0 Å². The highest BCUT2D eigenvalue weighted by Gasteiger charge is 2.39. The van der Waals surface area contributed by atoms with Gasteiger partial charge in [-0.15, -0.1) is 0 Å². The van der Waals surface area contributed by atoms with E-state index >= 15 is 0 Å². The number of carbonyl (C=O) groups is 4. The first-order chi connectivity index (χ1) is 19.9. The number of aromatic nitrogens is 2. The molecule has 1 unspecified atom stereocenters. The average molecular weight is 551 g/mol. The molecule has 10 nitrogen and oxygen atoms in total. The van der Waals surface area contributed by atoms with Crippen molar-refractivity contribution in [2.45, 2.75) is 57.3 Å². The van der Waals surface area contributed by atoms with E-state index in [1.54, 1.807) is 28.3 Å². The van der Waals surface area contributed by atoms with E-state index < -0.39 is 6.04 Å². The average Bonchev–Trinajstić information content (AvgIpc) is 3.49. The Morgan fingerprint density at radius 2 is 1.63 bits per heavy atom. The number of amides is 4. The smallest absolute Gasteiger partial charge is 0.261 e. The first-order valence-electron chi connectivity index (χ1n) is 14.1. The highest BCUT2D eigenvalue weighted by Crippen LogP contribution is 2.34. The van der Waals surface area contributed by atoms with Crippen molar-refractivity contribution in [2.75, 3.05) is 18.0 Å². The summed E-state index contributed by atoms with van der Waals surface area (Å²) in [6.45, 7) is 3.56. The van der Waals surface area contributed by atoms with Gasteiger partial charge in [-0.3, -0.25) is 34.3 Å². The van der Waals surface area contributed by atoms with Gasteiger partial charge in [0.25, 0.3) is 11.8 Å². The van der Waals surface area contributed by atoms with E-state index in [2.05, 4.69) is 38.4 Å². The lowest BCUT2D eigenvalue weighted by atomic mass is 9.87. The summed E-state index contributed by atoms with van der Waals surface area (Å²) in [6, 6.07) is 13.4. The van der Waals surface area contributed by atoms with Crippen LogP contribution in [-0.2, 0) is 29.2 Å². The van der Waals surface area contributed by atoms with Crippen LogP contribution in [0.3, 0.4) is 0 Å². The van der Waals surface area contributed by atoms with Gasteiger partial charge in [-0.05, 0) is 78.7 Å². The molecular formula is C31H30N6O4. The number of anilines is 1. The van der Waals surface area contributed by atoms with Crippen LogP contribution in [0.25, 0.3) is 0 Å². The molecule has 0 spiro atoms. The molecule has 2 aromatic carbocycles. The maximum absolute atomic E-state index is 13.1. The second kappa shape index (κ2) is 10.2. The lowest BCUT2D eigenvalue weighted by molar-refractivity contribution is -0.136. The van der Waals surface area contributed by atoms with Gasteiger partial charge in [0.15, 0.2) is 0 Å². The first kappa shape index (κ1) is 25.5. The minimum Gasteiger partial charge on any atom is -0.322 e. The Hall–Kier alpha value is -4.44. The lowest BCUT2D eigenvalue weighted by Crippen LogP contribution is -2.52. The van der Waals surface area contributed by atoms with Crippen LogP contribution in [0.1, 0.15) is 74.6 Å². The summed E-state index contributed by atoms with van der Waals surface area (Å²) in [6.07, 6.45) is 5.92. The number of imide groups is 1. The third kappa shape index (κ3) is 4.67. The number of rotatable bonds is 5. The monoisotopic (exact) mass is 550 g/mol. The number of hydrogen-bond donors (Lipinski definition) is 1. The second-order valence-corrected chi connectivity index (χ2v) is 11.3. The summed E-state index contributed by atoms with van der Waals surface area (Å²) in [5, 5.41) is 2.36. The van der Waals surface area contributed by atoms with Crippen molar-refractivity contribution in [1.82, 2.24) is 25.1 Å². The van der Waals surface area contributed by atoms with Gasteiger partial charge in [-0.2, -0.15) is 0 Å². The van der Waals surface area contributed by atoms with Crippen LogP contribution in [0.4, 0.5) is 5.95 Å². The third-order valence-electron chi connectivity index (χ3n) is 8.78. The zero-order valence-electron chi connectivity index (χ0n) is 22.6. The number of benzene rings is 2. The van der Waals surface area contributed by atoms with Crippen molar-refractivity contribution < 1.29 is 19.2 Å². The molecule has 7 rings (SSSR count). The highest BCUT2D eigenvalue weighted by atomic mass is 16.2. The van der Waals surface area contributed by atoms with Crippen LogP contribution in [0.2, 0.25) is 0 Å². The number of piperidine rings is 2. The topological polar surface area (TPSA) is 116 Å². The van der Waals surface area contributed by atoms with E-state index in [0.29, 0.717) is 36.9 Å². The third-order valence-corrected chi connectivity index (χ3v) is 8.78. The van der Waals surface area contributed by atoms with Crippen molar-refractivity contribution in [1.29, 1.82) is 0 Å². The SMILES string of the molecule is O=C1CCC(N2Cc3cc(C4CCN(Cc5ccc6c(c5)C(=O)N(c5ncccn5)C6)CC4)ccc3C2=O)C(=O)N1. The van der Waals surface area contributed by atoms with Gasteiger partial charge in [-0.1, -0.05) is 24.3 Å². The van der Waals surface area contributed by atoms with Gasteiger partial charge in [0.1, 0.15) is 6.04 Å². The summed E-state index contributed by atoms with van der Waals surface area (Å²) < 4.78 is 0. The Labute approximate surface area is 237 Å². The summed E-state index contributed by atoms with van der Waals surface area (Å²) in [5.74, 6) is -0.0285. The summed E-state index contributed by atoms with van der Waals surface area (Å²) in [5.41, 5.74) is 5.68. The highest BCUT2D eigenvalue weighted by molar-refractivity contribution is 6.09. The fraction of sp³-hybridized carbons (Fsp3) is 0.355. The van der Waals surface area contributed by atoms with E-state index in [1.165, 1.54) is 5.56 Å². The molecule has 10 heteroatoms. The fourth-order valence-corrected chi connectivity index (χ4v) is 6.57. The molecule has 1 aromatic heterocycles. The summed E-state index contributed by atoms with van der Waals surface area (Å²) in [7, 11) is 0. The molecule has 2 fully saturated rings. The standard InChI is InChI=1S/C31H30N6O4/c38-27-7-6-26(28(39)34-27)36-18-23-15-21(4-5-24(23)29(36)40)20-8-12-35(13-9-20)16-19-2-3-22-17-37(30(41)25(22)14-19)31-32-10-1-11-33-31/h1-5,10-11,14-15,20,26H,6-9,12-13,16-18H2,(H,34,38,39). The second-order valence-electron chi connectivity index (χ2n) is 11.3. The molecule has 0 aliphatic carbocycles. The maximum atomic E-state index is 13.1. The quantitative estimate of drug-likeness (QED) is 0.486. The molecule has 3 aromatic rings. The molecule has 5 heterocycles. The van der Waals surface area contributed by atoms with Crippen molar-refractivity contribution in [3.05, 3.63) is 88.2 Å². The van der Waals surface area contributed by atoms with Crippen molar-refractivity contribution in [3.8, 4) is 0 Å². The number of fused-ring (bicyclic) bond motifs is 2. The normalized spacial score (nSPS) is 21.3. The first-order valence-corrected chi connectivity index (χ1v) is 14.1. The van der Waals surface area contributed by atoms with Crippen molar-refractivity contribution >= 4 is 29.6 Å². The predicted molar refractivity (Wildman–Crippen MR) is 149 cm³/mol. The van der Waals surface area contributed by atoms with Crippen molar-refractivity contribution in [3.63, 3.8) is 0 Å². The fourth-order valence-electron chi connectivity index (χ4n) is 6.57. The number of carbonyl (C=O) groups excluding carboxylic acids is 4. The van der Waals surface area contributed by atoms with Crippen LogP contribution in [0.5, 0.6) is 0 Å².